The summed E-state index contributed by atoms with van der Waals surface area (Å²) < 4.78 is 62.6. The molecule has 0 spiro atoms. The highest BCUT2D eigenvalue weighted by molar-refractivity contribution is 7.61. The molecule has 6 aromatic rings. The fourth-order valence-electron chi connectivity index (χ4n) is 5.55. The van der Waals surface area contributed by atoms with E-state index in [0.717, 1.165) is 0 Å². The lowest BCUT2D eigenvalue weighted by Gasteiger charge is -2.26. The van der Waals surface area contributed by atoms with Crippen molar-refractivity contribution in [2.75, 3.05) is 11.9 Å². The summed E-state index contributed by atoms with van der Waals surface area (Å²) in [4.78, 5) is 50.3. The second-order valence-electron chi connectivity index (χ2n) is 12.0. The quantitative estimate of drug-likeness (QED) is 0.0807. The molecule has 3 heterocycles. The summed E-state index contributed by atoms with van der Waals surface area (Å²) in [5, 5.41) is 2.72. The number of anilines is 1. The first-order valence-electron chi connectivity index (χ1n) is 16.8. The molecule has 282 valence electrons. The predicted molar refractivity (Wildman–Crippen MR) is 196 cm³/mol. The second kappa shape index (κ2) is 16.9. The molecule has 1 fully saturated rings. The van der Waals surface area contributed by atoms with E-state index in [1.165, 1.54) is 29.4 Å². The van der Waals surface area contributed by atoms with Crippen LogP contribution in [0.4, 0.5) is 5.82 Å². The summed E-state index contributed by atoms with van der Waals surface area (Å²) in [6.45, 7) is -0.988. The van der Waals surface area contributed by atoms with Crippen LogP contribution >= 0.6 is 15.6 Å². The van der Waals surface area contributed by atoms with Crippen LogP contribution in [0.15, 0.2) is 134 Å². The molecule has 1 aliphatic heterocycles. The van der Waals surface area contributed by atoms with Crippen molar-refractivity contribution in [3.05, 3.63) is 156 Å². The van der Waals surface area contributed by atoms with Crippen LogP contribution in [0.25, 0.3) is 11.2 Å². The van der Waals surface area contributed by atoms with Crippen LogP contribution < -0.4 is 5.32 Å². The maximum absolute atomic E-state index is 13.9. The molecule has 0 bridgehead atoms. The first-order chi connectivity index (χ1) is 26.7. The van der Waals surface area contributed by atoms with Crippen molar-refractivity contribution in [3.63, 3.8) is 0 Å². The molecule has 55 heavy (non-hydrogen) atoms. The minimum Gasteiger partial charge on any atom is -0.451 e. The van der Waals surface area contributed by atoms with Crippen molar-refractivity contribution in [2.24, 2.45) is 0 Å². The zero-order valence-corrected chi connectivity index (χ0v) is 30.6. The van der Waals surface area contributed by atoms with Gasteiger partial charge in [0.1, 0.15) is 12.4 Å². The molecule has 16 nitrogen and oxygen atoms in total. The van der Waals surface area contributed by atoms with Gasteiger partial charge in [0.15, 0.2) is 29.3 Å². The molecule has 1 saturated heterocycles. The number of ether oxygens (including phenoxy) is 2. The molecule has 2 N–H and O–H groups in total. The van der Waals surface area contributed by atoms with Crippen molar-refractivity contribution in [1.29, 1.82) is 0 Å². The van der Waals surface area contributed by atoms with Gasteiger partial charge in [-0.05, 0) is 35.4 Å². The van der Waals surface area contributed by atoms with E-state index in [2.05, 4.69) is 20.3 Å². The Bertz CT molecular complexity index is 2290. The number of nitrogens with zero attached hydrogens (tertiary/aromatic N) is 4. The number of imidazole rings is 1. The fraction of sp³-hybridized carbons (Fsp3) is 0.162. The number of phosphoric acid groups is 2. The summed E-state index contributed by atoms with van der Waals surface area (Å²) in [5.41, 5.74) is 2.08. The first kappa shape index (κ1) is 37.9. The highest BCUT2D eigenvalue weighted by Crippen LogP contribution is 2.65. The van der Waals surface area contributed by atoms with Gasteiger partial charge in [-0.15, -0.1) is 0 Å². The molecule has 1 unspecified atom stereocenters. The third-order valence-corrected chi connectivity index (χ3v) is 11.2. The average molecular weight is 786 g/mol. The Hall–Kier alpha value is -5.41. The fourth-order valence-corrected chi connectivity index (χ4v) is 8.31. The van der Waals surface area contributed by atoms with Gasteiger partial charge in [0, 0.05) is 5.56 Å². The van der Waals surface area contributed by atoms with E-state index in [1.54, 1.807) is 109 Å². The number of hydrogen-bond donors (Lipinski definition) is 2. The number of hydrogen-bond acceptors (Lipinski definition) is 13. The number of carbonyl (C=O) groups is 2. The smallest absolute Gasteiger partial charge is 0.451 e. The normalized spacial score (nSPS) is 18.1. The summed E-state index contributed by atoms with van der Waals surface area (Å²) in [6.07, 6.45) is -1.60. The monoisotopic (exact) mass is 785 g/mol. The molecule has 0 aliphatic carbocycles. The zero-order chi connectivity index (χ0) is 38.3. The number of benzene rings is 4. The Morgan fingerprint density at radius 3 is 1.95 bits per heavy atom. The van der Waals surface area contributed by atoms with E-state index in [4.69, 9.17) is 27.4 Å². The van der Waals surface area contributed by atoms with E-state index in [9.17, 15) is 23.6 Å². The molecule has 0 saturated carbocycles. The highest BCUT2D eigenvalue weighted by atomic mass is 31.3. The van der Waals surface area contributed by atoms with Gasteiger partial charge in [-0.3, -0.25) is 22.9 Å². The van der Waals surface area contributed by atoms with E-state index in [-0.39, 0.29) is 35.8 Å². The standard InChI is InChI=1S/C37H33N5O11P2/c43-35(28-17-9-3-10-18-28)41-33-31-34(39-24-38-33)42(25-40-31)36-32(51-37(44)29-19-11-4-12-20-29)30(23-48-36)52-54(45,46)53-55(47,49-21-26-13-5-1-6-14-26)50-22-27-15-7-2-8-16-27/h1-20,24-25,30,32,36H,21-23H2,(H,45,46)(H,38,39,41,43)/t30-,32+,36+/m0/s1. The number of nitrogens with one attached hydrogen (secondary N) is 1. The molecular formula is C37H33N5O11P2. The topological polar surface area (TPSA) is 200 Å². The molecule has 7 rings (SSSR count). The van der Waals surface area contributed by atoms with E-state index >= 15 is 0 Å². The molecule has 1 amide bonds. The number of aromatic nitrogens is 4. The van der Waals surface area contributed by atoms with E-state index in [0.29, 0.717) is 16.7 Å². The Kier molecular flexibility index (Phi) is 11.7. The maximum atomic E-state index is 13.9. The lowest BCUT2D eigenvalue weighted by Crippen LogP contribution is -2.35. The third-order valence-electron chi connectivity index (χ3n) is 8.17. The Balaban J connectivity index is 1.14. The first-order valence-corrected chi connectivity index (χ1v) is 19.7. The zero-order valence-electron chi connectivity index (χ0n) is 28.8. The Labute approximate surface area is 314 Å². The third kappa shape index (κ3) is 9.46. The molecular weight excluding hydrogens is 752 g/mol. The lowest BCUT2D eigenvalue weighted by atomic mass is 10.2. The maximum Gasteiger partial charge on any atom is 0.484 e. The lowest BCUT2D eigenvalue weighted by molar-refractivity contribution is -0.0403. The summed E-state index contributed by atoms with van der Waals surface area (Å²) in [5.74, 6) is -1.15. The SMILES string of the molecule is O=C(Nc1ncnc2c1ncn2[C@@H]1OC[C@H](OP(=O)(O)OP(=O)(OCc2ccccc2)OCc2ccccc2)[C@H]1OC(=O)c1ccccc1)c1ccccc1. The van der Waals surface area contributed by atoms with E-state index in [1.807, 2.05) is 0 Å². The number of amides is 1. The number of carbonyl (C=O) groups excluding carboxylic acids is 2. The van der Waals surface area contributed by atoms with Gasteiger partial charge in [-0.2, -0.15) is 4.31 Å². The largest absolute Gasteiger partial charge is 0.484 e. The van der Waals surface area contributed by atoms with Gasteiger partial charge in [-0.1, -0.05) is 97.1 Å². The molecule has 4 atom stereocenters. The molecule has 2 aromatic heterocycles. The van der Waals surface area contributed by atoms with Crippen LogP contribution in [0.5, 0.6) is 0 Å². The average Bonchev–Trinajstić information content (AvgIpc) is 3.81. The van der Waals surface area contributed by atoms with Gasteiger partial charge < -0.3 is 19.7 Å². The van der Waals surface area contributed by atoms with Gasteiger partial charge in [0.25, 0.3) is 5.91 Å². The second-order valence-corrected chi connectivity index (χ2v) is 15.2. The van der Waals surface area contributed by atoms with Gasteiger partial charge in [0.05, 0.1) is 31.7 Å². The minimum atomic E-state index is -5.35. The van der Waals surface area contributed by atoms with Crippen molar-refractivity contribution < 1.29 is 51.0 Å². The number of fused-ring (bicyclic) bond motifs is 1. The molecule has 0 radical (unpaired) electrons. The molecule has 18 heteroatoms. The summed E-state index contributed by atoms with van der Waals surface area (Å²) in [6, 6.07) is 33.8. The van der Waals surface area contributed by atoms with Crippen LogP contribution in [0.3, 0.4) is 0 Å². The van der Waals surface area contributed by atoms with Crippen molar-refractivity contribution in [1.82, 2.24) is 19.5 Å². The number of rotatable bonds is 15. The highest BCUT2D eigenvalue weighted by Gasteiger charge is 2.49. The molecule has 4 aromatic carbocycles. The van der Waals surface area contributed by atoms with Crippen LogP contribution in [0.2, 0.25) is 0 Å². The van der Waals surface area contributed by atoms with Crippen LogP contribution in [-0.4, -0.2) is 55.1 Å². The number of esters is 1. The number of phosphoric ester groups is 2. The van der Waals surface area contributed by atoms with Crippen LogP contribution in [0.1, 0.15) is 38.1 Å². The van der Waals surface area contributed by atoms with E-state index < -0.39 is 52.6 Å². The predicted octanol–water partition coefficient (Wildman–Crippen LogP) is 6.88. The van der Waals surface area contributed by atoms with Crippen molar-refractivity contribution >= 4 is 44.5 Å². The molecule has 1 aliphatic rings. The Morgan fingerprint density at radius 2 is 1.35 bits per heavy atom. The van der Waals surface area contributed by atoms with Gasteiger partial charge in [0.2, 0.25) is 0 Å². The van der Waals surface area contributed by atoms with Crippen LogP contribution in [0, 0.1) is 0 Å². The van der Waals surface area contributed by atoms with Crippen LogP contribution in [-0.2, 0) is 49.7 Å². The van der Waals surface area contributed by atoms with Gasteiger partial charge in [-0.25, -0.2) is 28.9 Å². The van der Waals surface area contributed by atoms with Crippen molar-refractivity contribution in [3.8, 4) is 0 Å². The van der Waals surface area contributed by atoms with Crippen molar-refractivity contribution in [2.45, 2.75) is 31.6 Å². The summed E-state index contributed by atoms with van der Waals surface area (Å²) in [7, 11) is -10.2. The Morgan fingerprint density at radius 1 is 0.782 bits per heavy atom. The van der Waals surface area contributed by atoms with Gasteiger partial charge >= 0.3 is 21.6 Å². The summed E-state index contributed by atoms with van der Waals surface area (Å²) >= 11 is 0. The minimum absolute atomic E-state index is 0.0937.